The summed E-state index contributed by atoms with van der Waals surface area (Å²) in [6.45, 7) is 0. The molecule has 2 heterocycles. The second kappa shape index (κ2) is 6.06. The molecule has 0 aromatic heterocycles. The number of rotatable bonds is 1. The maximum Gasteiger partial charge on any atom is 0.264 e. The van der Waals surface area contributed by atoms with Crippen molar-refractivity contribution >= 4 is 57.3 Å². The van der Waals surface area contributed by atoms with Crippen molar-refractivity contribution in [1.29, 1.82) is 0 Å². The Morgan fingerprint density at radius 2 is 1.80 bits per heavy atom. The molecule has 25 heavy (non-hydrogen) atoms. The largest absolute Gasteiger partial charge is 0.311 e. The molecule has 5 nitrogen and oxygen atoms in total. The van der Waals surface area contributed by atoms with Gasteiger partial charge in [0.2, 0.25) is 0 Å². The van der Waals surface area contributed by atoms with E-state index in [9.17, 15) is 9.59 Å². The fourth-order valence-corrected chi connectivity index (χ4v) is 3.82. The number of benzene rings is 2. The number of nitrogens with zero attached hydrogens (tertiary/aromatic N) is 2. The summed E-state index contributed by atoms with van der Waals surface area (Å²) in [5.74, 6) is -0.502. The van der Waals surface area contributed by atoms with E-state index in [1.165, 1.54) is 11.8 Å². The van der Waals surface area contributed by atoms with Gasteiger partial charge in [0.05, 0.1) is 21.9 Å². The van der Waals surface area contributed by atoms with Gasteiger partial charge in [0, 0.05) is 17.6 Å². The molecule has 0 unspecified atom stereocenters. The van der Waals surface area contributed by atoms with Crippen molar-refractivity contribution in [3.05, 3.63) is 64.0 Å². The topological polar surface area (TPSA) is 61.8 Å². The average Bonchev–Trinajstić information content (AvgIpc) is 3.08. The highest BCUT2D eigenvalue weighted by molar-refractivity contribution is 8.18. The summed E-state index contributed by atoms with van der Waals surface area (Å²) >= 11 is 7.04. The van der Waals surface area contributed by atoms with Gasteiger partial charge in [0.25, 0.3) is 11.8 Å². The number of aliphatic imine (C=N–C) groups is 1. The number of carbonyl (C=O) groups excluding carboxylic acids is 2. The molecule has 124 valence electrons. The van der Waals surface area contributed by atoms with Crippen molar-refractivity contribution in [2.24, 2.45) is 4.99 Å². The first-order valence-electron chi connectivity index (χ1n) is 7.50. The van der Waals surface area contributed by atoms with Gasteiger partial charge in [-0.15, -0.1) is 0 Å². The highest BCUT2D eigenvalue weighted by atomic mass is 35.5. The van der Waals surface area contributed by atoms with Gasteiger partial charge >= 0.3 is 0 Å². The molecule has 0 spiro atoms. The van der Waals surface area contributed by atoms with Crippen LogP contribution in [0.25, 0.3) is 5.57 Å². The lowest BCUT2D eigenvalue weighted by Crippen LogP contribution is -2.23. The number of halogens is 1. The van der Waals surface area contributed by atoms with Crippen LogP contribution in [-0.2, 0) is 9.59 Å². The van der Waals surface area contributed by atoms with Crippen molar-refractivity contribution in [2.45, 2.75) is 0 Å². The number of para-hydroxylation sites is 1. The zero-order valence-electron chi connectivity index (χ0n) is 13.1. The van der Waals surface area contributed by atoms with Gasteiger partial charge in [-0.25, -0.2) is 4.99 Å². The third kappa shape index (κ3) is 2.73. The zero-order valence-corrected chi connectivity index (χ0v) is 14.7. The minimum absolute atomic E-state index is 0.188. The Morgan fingerprint density at radius 1 is 1.08 bits per heavy atom. The predicted molar refractivity (Wildman–Crippen MR) is 101 cm³/mol. The van der Waals surface area contributed by atoms with E-state index in [4.69, 9.17) is 11.6 Å². The van der Waals surface area contributed by atoms with Crippen molar-refractivity contribution in [3.63, 3.8) is 0 Å². The second-order valence-electron chi connectivity index (χ2n) is 5.54. The lowest BCUT2D eigenvalue weighted by Gasteiger charge is -2.08. The van der Waals surface area contributed by atoms with Gasteiger partial charge in [-0.05, 0) is 42.1 Å². The first-order valence-corrected chi connectivity index (χ1v) is 8.69. The highest BCUT2D eigenvalue weighted by Gasteiger charge is 2.37. The van der Waals surface area contributed by atoms with E-state index in [1.54, 1.807) is 36.2 Å². The average molecular weight is 370 g/mol. The summed E-state index contributed by atoms with van der Waals surface area (Å²) in [7, 11) is 1.70. The second-order valence-corrected chi connectivity index (χ2v) is 6.97. The summed E-state index contributed by atoms with van der Waals surface area (Å²) in [6.07, 6.45) is 0. The Morgan fingerprint density at radius 3 is 2.56 bits per heavy atom. The van der Waals surface area contributed by atoms with Crippen LogP contribution in [0.15, 0.2) is 58.4 Å². The first kappa shape index (κ1) is 15.9. The van der Waals surface area contributed by atoms with E-state index in [2.05, 4.69) is 10.3 Å². The third-order valence-electron chi connectivity index (χ3n) is 3.96. The Hall–Kier alpha value is -2.57. The molecule has 7 heteroatoms. The van der Waals surface area contributed by atoms with Gasteiger partial charge in [-0.2, -0.15) is 0 Å². The maximum absolute atomic E-state index is 12.6. The van der Waals surface area contributed by atoms with Crippen molar-refractivity contribution in [3.8, 4) is 0 Å². The Balaban J connectivity index is 1.75. The molecule has 2 aliphatic heterocycles. The highest BCUT2D eigenvalue weighted by Crippen LogP contribution is 2.42. The maximum atomic E-state index is 12.6. The van der Waals surface area contributed by atoms with E-state index in [1.807, 2.05) is 24.3 Å². The molecule has 1 saturated heterocycles. The van der Waals surface area contributed by atoms with E-state index in [0.717, 1.165) is 11.3 Å². The fourth-order valence-electron chi connectivity index (χ4n) is 2.76. The van der Waals surface area contributed by atoms with E-state index in [0.29, 0.717) is 26.4 Å². The Labute approximate surface area is 153 Å². The minimum atomic E-state index is -0.314. The van der Waals surface area contributed by atoms with Crippen molar-refractivity contribution < 1.29 is 9.59 Å². The molecule has 0 bridgehead atoms. The zero-order chi connectivity index (χ0) is 17.6. The van der Waals surface area contributed by atoms with Gasteiger partial charge in [0.15, 0.2) is 5.17 Å². The van der Waals surface area contributed by atoms with Crippen LogP contribution >= 0.6 is 23.4 Å². The van der Waals surface area contributed by atoms with Crippen LogP contribution in [0.5, 0.6) is 0 Å². The SMILES string of the molecule is CN1C(=O)/C(=C2/SC(=Nc3ccc(Cl)cc3)NC2=O)c2ccccc21. The molecular weight excluding hydrogens is 358 g/mol. The number of hydrogen-bond acceptors (Lipinski definition) is 4. The predicted octanol–water partition coefficient (Wildman–Crippen LogP) is 3.58. The van der Waals surface area contributed by atoms with Gasteiger partial charge in [0.1, 0.15) is 0 Å². The van der Waals surface area contributed by atoms with E-state index in [-0.39, 0.29) is 11.8 Å². The molecule has 0 radical (unpaired) electrons. The van der Waals surface area contributed by atoms with Crippen LogP contribution in [0.2, 0.25) is 5.02 Å². The van der Waals surface area contributed by atoms with Crippen LogP contribution in [0.1, 0.15) is 5.56 Å². The quantitative estimate of drug-likeness (QED) is 0.781. The number of hydrogen-bond donors (Lipinski definition) is 1. The Kier molecular flexibility index (Phi) is 3.86. The lowest BCUT2D eigenvalue weighted by molar-refractivity contribution is -0.116. The molecule has 2 aromatic carbocycles. The smallest absolute Gasteiger partial charge is 0.264 e. The summed E-state index contributed by atoms with van der Waals surface area (Å²) in [4.78, 5) is 31.4. The lowest BCUT2D eigenvalue weighted by atomic mass is 10.1. The third-order valence-corrected chi connectivity index (χ3v) is 5.20. The Bertz CT molecular complexity index is 967. The normalized spacial score (nSPS) is 21.0. The van der Waals surface area contributed by atoms with Crippen molar-refractivity contribution in [2.75, 3.05) is 11.9 Å². The molecule has 0 saturated carbocycles. The van der Waals surface area contributed by atoms with Gasteiger partial charge in [-0.3, -0.25) is 9.59 Å². The fraction of sp³-hybridized carbons (Fsp3) is 0.0556. The molecule has 0 aliphatic carbocycles. The summed E-state index contributed by atoms with van der Waals surface area (Å²) in [5.41, 5.74) is 2.66. The number of likely N-dealkylation sites (N-methyl/N-ethyl adjacent to an activating group) is 1. The number of carbonyl (C=O) groups is 2. The molecule has 0 atom stereocenters. The van der Waals surface area contributed by atoms with Gasteiger partial charge < -0.3 is 10.2 Å². The molecular formula is C18H12ClN3O2S. The van der Waals surface area contributed by atoms with Gasteiger partial charge in [-0.1, -0.05) is 29.8 Å². The van der Waals surface area contributed by atoms with Crippen LogP contribution < -0.4 is 10.2 Å². The molecule has 4 rings (SSSR count). The van der Waals surface area contributed by atoms with Crippen LogP contribution in [0.3, 0.4) is 0 Å². The monoisotopic (exact) mass is 369 g/mol. The number of nitrogens with one attached hydrogen (secondary N) is 1. The first-order chi connectivity index (χ1) is 12.0. The molecule has 2 amide bonds. The number of amidine groups is 1. The molecule has 2 aromatic rings. The summed E-state index contributed by atoms with van der Waals surface area (Å²) in [5, 5.41) is 3.78. The van der Waals surface area contributed by atoms with E-state index < -0.39 is 0 Å². The van der Waals surface area contributed by atoms with Crippen LogP contribution in [0, 0.1) is 0 Å². The van der Waals surface area contributed by atoms with E-state index >= 15 is 0 Å². The number of amides is 2. The number of anilines is 1. The van der Waals surface area contributed by atoms with Crippen LogP contribution in [0.4, 0.5) is 11.4 Å². The summed E-state index contributed by atoms with van der Waals surface area (Å²) in [6, 6.07) is 14.4. The number of fused-ring (bicyclic) bond motifs is 1. The molecule has 1 fully saturated rings. The van der Waals surface area contributed by atoms with Crippen LogP contribution in [-0.4, -0.2) is 24.0 Å². The molecule has 1 N–H and O–H groups in total. The number of thioether (sulfide) groups is 1. The summed E-state index contributed by atoms with van der Waals surface area (Å²) < 4.78 is 0. The molecule has 2 aliphatic rings. The van der Waals surface area contributed by atoms with Crippen molar-refractivity contribution in [1.82, 2.24) is 5.32 Å². The minimum Gasteiger partial charge on any atom is -0.311 e. The standard InChI is InChI=1S/C18H12ClN3O2S/c1-22-13-5-3-2-4-12(13)14(17(22)24)15-16(23)21-18(25-15)20-11-8-6-10(19)7-9-11/h2-9H,1H3,(H,20,21,23)/b15-14+.